The van der Waals surface area contributed by atoms with Crippen LogP contribution < -0.4 is 23.8 Å². The second-order valence-corrected chi connectivity index (χ2v) is 15.3. The van der Waals surface area contributed by atoms with Gasteiger partial charge in [0.25, 0.3) is 15.9 Å². The number of ether oxygens (including phenoxy) is 3. The monoisotopic (exact) mass is 740 g/mol. The molecule has 274 valence electrons. The summed E-state index contributed by atoms with van der Waals surface area (Å²) in [5.74, 6) is -0.539. The van der Waals surface area contributed by atoms with Crippen molar-refractivity contribution in [2.24, 2.45) is 0 Å². The number of piperazine rings is 1. The van der Waals surface area contributed by atoms with E-state index in [2.05, 4.69) is 27.0 Å². The zero-order valence-corrected chi connectivity index (χ0v) is 31.2. The zero-order chi connectivity index (χ0) is 36.5. The Hall–Kier alpha value is -4.11. The second-order valence-electron chi connectivity index (χ2n) is 13.1. The van der Waals surface area contributed by atoms with Crippen molar-refractivity contribution in [2.45, 2.75) is 56.2 Å². The van der Waals surface area contributed by atoms with E-state index in [4.69, 9.17) is 25.8 Å². The van der Waals surface area contributed by atoms with Gasteiger partial charge in [-0.1, -0.05) is 18.5 Å². The first-order valence-electron chi connectivity index (χ1n) is 17.2. The standard InChI is InChI=1S/C36H45ClN6O7S/c1-6-40-18-20-41(21-19-40)26-13-16-42(17-14-26)35(45)39-36(28-8-7-15-38-33(28)50-24(2)3)29-22-25(37)9-11-30(29)43(34(36)44)51(46,47)32-12-10-27(48-4)23-31(32)49-5/h7-12,15,22-24,26H,6,13-14,16-21H2,1-5H3,(H,39,45). The Labute approximate surface area is 304 Å². The fourth-order valence-corrected chi connectivity index (χ4v) is 9.03. The first-order chi connectivity index (χ1) is 24.4. The fourth-order valence-electron chi connectivity index (χ4n) is 7.25. The maximum absolute atomic E-state index is 15.2. The fraction of sp³-hybridized carbons (Fsp3) is 0.472. The molecule has 1 N–H and O–H groups in total. The van der Waals surface area contributed by atoms with E-state index in [-0.39, 0.29) is 44.5 Å². The van der Waals surface area contributed by atoms with Crippen molar-refractivity contribution in [3.05, 3.63) is 70.9 Å². The van der Waals surface area contributed by atoms with Gasteiger partial charge in [0.2, 0.25) is 5.88 Å². The summed E-state index contributed by atoms with van der Waals surface area (Å²) in [7, 11) is -1.88. The van der Waals surface area contributed by atoms with Crippen LogP contribution in [0.4, 0.5) is 10.5 Å². The van der Waals surface area contributed by atoms with Gasteiger partial charge < -0.3 is 29.3 Å². The van der Waals surface area contributed by atoms with Crippen molar-refractivity contribution in [1.82, 2.24) is 25.0 Å². The predicted octanol–water partition coefficient (Wildman–Crippen LogP) is 4.33. The van der Waals surface area contributed by atoms with Crippen LogP contribution in [0.3, 0.4) is 0 Å². The van der Waals surface area contributed by atoms with Crippen LogP contribution in [0.25, 0.3) is 0 Å². The van der Waals surface area contributed by atoms with E-state index < -0.39 is 27.5 Å². The Morgan fingerprint density at radius 2 is 1.73 bits per heavy atom. The topological polar surface area (TPSA) is 134 Å². The molecule has 2 fully saturated rings. The minimum absolute atomic E-state index is 0.0202. The van der Waals surface area contributed by atoms with Crippen LogP contribution in [0.5, 0.6) is 17.4 Å². The van der Waals surface area contributed by atoms with E-state index in [0.29, 0.717) is 29.2 Å². The van der Waals surface area contributed by atoms with Crippen molar-refractivity contribution >= 4 is 39.2 Å². The number of hydrogen-bond donors (Lipinski definition) is 1. The molecule has 0 saturated carbocycles. The highest BCUT2D eigenvalue weighted by molar-refractivity contribution is 7.93. The number of anilines is 1. The van der Waals surface area contributed by atoms with E-state index in [1.807, 2.05) is 13.8 Å². The molecule has 0 bridgehead atoms. The molecule has 15 heteroatoms. The normalized spacial score (nSPS) is 20.4. The number of halogens is 1. The van der Waals surface area contributed by atoms with Crippen LogP contribution in [-0.4, -0.2) is 112 Å². The molecule has 0 aliphatic carbocycles. The van der Waals surface area contributed by atoms with Gasteiger partial charge in [0.15, 0.2) is 5.54 Å². The molecule has 0 spiro atoms. The SMILES string of the molecule is CCN1CCN(C2CCN(C(=O)NC3(c4cccnc4OC(C)C)C(=O)N(S(=O)(=O)c4ccc(OC)cc4OC)c4ccc(Cl)cc43)CC2)CC1. The number of benzene rings is 2. The summed E-state index contributed by atoms with van der Waals surface area (Å²) in [5.41, 5.74) is -1.74. The number of hydrogen-bond acceptors (Lipinski definition) is 10. The molecule has 2 saturated heterocycles. The van der Waals surface area contributed by atoms with E-state index in [1.54, 1.807) is 17.0 Å². The molecule has 2 aromatic carbocycles. The highest BCUT2D eigenvalue weighted by Crippen LogP contribution is 2.50. The molecule has 4 heterocycles. The lowest BCUT2D eigenvalue weighted by Gasteiger charge is -2.43. The van der Waals surface area contributed by atoms with Gasteiger partial charge >= 0.3 is 6.03 Å². The van der Waals surface area contributed by atoms with Gasteiger partial charge in [0, 0.05) is 68.2 Å². The molecule has 6 rings (SSSR count). The molecule has 1 aromatic heterocycles. The van der Waals surface area contributed by atoms with E-state index in [0.717, 1.165) is 45.6 Å². The number of nitrogens with zero attached hydrogens (tertiary/aromatic N) is 5. The molecule has 1 unspecified atom stereocenters. The smallest absolute Gasteiger partial charge is 0.318 e. The van der Waals surface area contributed by atoms with E-state index in [9.17, 15) is 13.2 Å². The van der Waals surface area contributed by atoms with Crippen LogP contribution in [0.1, 0.15) is 44.7 Å². The summed E-state index contributed by atoms with van der Waals surface area (Å²) in [4.78, 5) is 40.4. The summed E-state index contributed by atoms with van der Waals surface area (Å²) >= 11 is 6.57. The number of piperidine rings is 1. The molecular weight excluding hydrogens is 696 g/mol. The Morgan fingerprint density at radius 1 is 1.00 bits per heavy atom. The maximum Gasteiger partial charge on any atom is 0.318 e. The van der Waals surface area contributed by atoms with Crippen LogP contribution in [0, 0.1) is 0 Å². The maximum atomic E-state index is 15.2. The third-order valence-corrected chi connectivity index (χ3v) is 11.9. The molecule has 3 aliphatic heterocycles. The molecule has 3 aliphatic rings. The third kappa shape index (κ3) is 6.82. The van der Waals surface area contributed by atoms with Gasteiger partial charge in [-0.25, -0.2) is 18.2 Å². The first kappa shape index (κ1) is 36.7. The Kier molecular flexibility index (Phi) is 10.7. The van der Waals surface area contributed by atoms with Gasteiger partial charge in [-0.3, -0.25) is 9.69 Å². The number of rotatable bonds is 10. The Bertz CT molecular complexity index is 1880. The number of nitrogens with one attached hydrogen (secondary N) is 1. The van der Waals surface area contributed by atoms with Crippen molar-refractivity contribution in [2.75, 3.05) is 64.3 Å². The van der Waals surface area contributed by atoms with Gasteiger partial charge in [0.05, 0.1) is 31.6 Å². The number of amides is 3. The number of pyridine rings is 1. The average molecular weight is 741 g/mol. The summed E-state index contributed by atoms with van der Waals surface area (Å²) in [5, 5.41) is 3.25. The lowest BCUT2D eigenvalue weighted by Crippen LogP contribution is -2.59. The van der Waals surface area contributed by atoms with Crippen LogP contribution in [-0.2, 0) is 20.4 Å². The zero-order valence-electron chi connectivity index (χ0n) is 29.6. The number of fused-ring (bicyclic) bond motifs is 1. The largest absolute Gasteiger partial charge is 0.497 e. The van der Waals surface area contributed by atoms with Crippen molar-refractivity contribution in [1.29, 1.82) is 0 Å². The highest BCUT2D eigenvalue weighted by Gasteiger charge is 2.59. The van der Waals surface area contributed by atoms with Gasteiger partial charge in [0.1, 0.15) is 16.4 Å². The number of carbonyl (C=O) groups is 2. The summed E-state index contributed by atoms with van der Waals surface area (Å²) in [6, 6.07) is 11.7. The number of methoxy groups -OCH3 is 2. The second kappa shape index (κ2) is 14.9. The first-order valence-corrected chi connectivity index (χ1v) is 19.0. The molecule has 51 heavy (non-hydrogen) atoms. The lowest BCUT2D eigenvalue weighted by molar-refractivity contribution is -0.121. The summed E-state index contributed by atoms with van der Waals surface area (Å²) in [6.07, 6.45) is 2.70. The highest BCUT2D eigenvalue weighted by atomic mass is 35.5. The van der Waals surface area contributed by atoms with Gasteiger partial charge in [-0.15, -0.1) is 0 Å². The minimum atomic E-state index is -4.66. The number of likely N-dealkylation sites (tertiary alicyclic amines) is 1. The predicted molar refractivity (Wildman–Crippen MR) is 193 cm³/mol. The number of urea groups is 1. The lowest BCUT2D eigenvalue weighted by atomic mass is 9.84. The average Bonchev–Trinajstić information content (AvgIpc) is 3.38. The molecular formula is C36H45ClN6O7S. The third-order valence-electron chi connectivity index (χ3n) is 9.91. The molecule has 3 amide bonds. The van der Waals surface area contributed by atoms with E-state index in [1.165, 1.54) is 56.8 Å². The number of aromatic nitrogens is 1. The van der Waals surface area contributed by atoms with Gasteiger partial charge in [-0.2, -0.15) is 4.31 Å². The van der Waals surface area contributed by atoms with Crippen molar-refractivity contribution in [3.63, 3.8) is 0 Å². The molecule has 0 radical (unpaired) electrons. The minimum Gasteiger partial charge on any atom is -0.497 e. The quantitative estimate of drug-likeness (QED) is 0.320. The molecule has 13 nitrogen and oxygen atoms in total. The number of likely N-dealkylation sites (N-methyl/N-ethyl adjacent to an activating group) is 1. The summed E-state index contributed by atoms with van der Waals surface area (Å²) < 4.78 is 46.8. The molecule has 1 atom stereocenters. The van der Waals surface area contributed by atoms with Crippen LogP contribution >= 0.6 is 11.6 Å². The van der Waals surface area contributed by atoms with Crippen molar-refractivity contribution < 1.29 is 32.2 Å². The van der Waals surface area contributed by atoms with Crippen LogP contribution in [0.2, 0.25) is 5.02 Å². The van der Waals surface area contributed by atoms with E-state index >= 15 is 4.79 Å². The van der Waals surface area contributed by atoms with Gasteiger partial charge in [-0.05, 0) is 75.7 Å². The Morgan fingerprint density at radius 3 is 2.37 bits per heavy atom. The number of carbonyl (C=O) groups excluding carboxylic acids is 2. The Balaban J connectivity index is 1.42. The summed E-state index contributed by atoms with van der Waals surface area (Å²) in [6.45, 7) is 11.8. The molecule has 3 aromatic rings. The number of sulfonamides is 1. The van der Waals surface area contributed by atoms with Crippen molar-refractivity contribution in [3.8, 4) is 17.4 Å². The van der Waals surface area contributed by atoms with Crippen LogP contribution in [0.15, 0.2) is 59.6 Å².